The van der Waals surface area contributed by atoms with Crippen molar-refractivity contribution in [3.05, 3.63) is 0 Å². The minimum absolute atomic E-state index is 0.0563. The standard InChI is InChI=1S/C17H29F2N3O2/c18-17(19)5-9-21(10-6-17)14-11-22(12-15(14)23)16(24)13-20-7-3-1-2-4-8-20/h14-15,23H,1-13H2/t14-,15-/m1/s1. The van der Waals surface area contributed by atoms with Gasteiger partial charge in [-0.05, 0) is 25.9 Å². The van der Waals surface area contributed by atoms with E-state index in [1.807, 2.05) is 4.90 Å². The molecule has 3 aliphatic heterocycles. The molecule has 0 aromatic rings. The number of hydrogen-bond acceptors (Lipinski definition) is 4. The number of halogens is 2. The molecule has 0 saturated carbocycles. The maximum Gasteiger partial charge on any atom is 0.250 e. The summed E-state index contributed by atoms with van der Waals surface area (Å²) < 4.78 is 26.6. The molecule has 3 aliphatic rings. The second kappa shape index (κ2) is 7.62. The lowest BCUT2D eigenvalue weighted by molar-refractivity contribution is -0.131. The van der Waals surface area contributed by atoms with Crippen LogP contribution in [0.1, 0.15) is 38.5 Å². The number of β-amino-alcohol motifs (C(OH)–C–C–N with tert-alkyl or cyclic N) is 1. The monoisotopic (exact) mass is 345 g/mol. The summed E-state index contributed by atoms with van der Waals surface area (Å²) >= 11 is 0. The Hall–Kier alpha value is -0.790. The number of carbonyl (C=O) groups is 1. The van der Waals surface area contributed by atoms with Crippen molar-refractivity contribution in [2.24, 2.45) is 0 Å². The molecule has 3 rings (SSSR count). The van der Waals surface area contributed by atoms with Crippen LogP contribution in [0.15, 0.2) is 0 Å². The summed E-state index contributed by atoms with van der Waals surface area (Å²) in [5.41, 5.74) is 0. The molecule has 0 aromatic carbocycles. The van der Waals surface area contributed by atoms with Gasteiger partial charge < -0.3 is 10.0 Å². The molecule has 0 radical (unpaired) electrons. The van der Waals surface area contributed by atoms with Gasteiger partial charge in [0, 0.05) is 39.0 Å². The van der Waals surface area contributed by atoms with Gasteiger partial charge in [0.05, 0.1) is 18.7 Å². The number of alkyl halides is 2. The van der Waals surface area contributed by atoms with Crippen LogP contribution in [0.5, 0.6) is 0 Å². The van der Waals surface area contributed by atoms with E-state index in [1.165, 1.54) is 12.8 Å². The molecule has 0 bridgehead atoms. The van der Waals surface area contributed by atoms with Gasteiger partial charge in [-0.2, -0.15) is 0 Å². The highest BCUT2D eigenvalue weighted by Gasteiger charge is 2.42. The van der Waals surface area contributed by atoms with Gasteiger partial charge in [0.2, 0.25) is 5.91 Å². The van der Waals surface area contributed by atoms with Crippen LogP contribution in [0.2, 0.25) is 0 Å². The molecule has 0 unspecified atom stereocenters. The zero-order chi connectivity index (χ0) is 17.2. The van der Waals surface area contributed by atoms with E-state index in [9.17, 15) is 18.7 Å². The van der Waals surface area contributed by atoms with Gasteiger partial charge in [0.25, 0.3) is 5.92 Å². The fraction of sp³-hybridized carbons (Fsp3) is 0.941. The first-order valence-electron chi connectivity index (χ1n) is 9.25. The van der Waals surface area contributed by atoms with E-state index in [4.69, 9.17) is 0 Å². The van der Waals surface area contributed by atoms with E-state index in [0.29, 0.717) is 32.7 Å². The van der Waals surface area contributed by atoms with Crippen LogP contribution in [0.3, 0.4) is 0 Å². The Balaban J connectivity index is 1.50. The second-order valence-electron chi connectivity index (χ2n) is 7.52. The van der Waals surface area contributed by atoms with E-state index >= 15 is 0 Å². The molecule has 138 valence electrons. The Bertz CT molecular complexity index is 432. The third-order valence-electron chi connectivity index (χ3n) is 5.67. The number of piperidine rings is 1. The third-order valence-corrected chi connectivity index (χ3v) is 5.67. The van der Waals surface area contributed by atoms with Crippen LogP contribution < -0.4 is 0 Å². The Morgan fingerprint density at radius 3 is 2.25 bits per heavy atom. The largest absolute Gasteiger partial charge is 0.390 e. The van der Waals surface area contributed by atoms with Gasteiger partial charge >= 0.3 is 0 Å². The van der Waals surface area contributed by atoms with E-state index in [2.05, 4.69) is 4.90 Å². The predicted molar refractivity (Wildman–Crippen MR) is 87.0 cm³/mol. The topological polar surface area (TPSA) is 47.0 Å². The van der Waals surface area contributed by atoms with E-state index in [1.54, 1.807) is 4.90 Å². The zero-order valence-corrected chi connectivity index (χ0v) is 14.3. The highest BCUT2D eigenvalue weighted by molar-refractivity contribution is 5.78. The van der Waals surface area contributed by atoms with Gasteiger partial charge in [-0.1, -0.05) is 12.8 Å². The van der Waals surface area contributed by atoms with E-state index < -0.39 is 12.0 Å². The van der Waals surface area contributed by atoms with Crippen molar-refractivity contribution in [2.75, 3.05) is 45.8 Å². The zero-order valence-electron chi connectivity index (χ0n) is 14.3. The molecule has 7 heteroatoms. The first-order chi connectivity index (χ1) is 11.4. The van der Waals surface area contributed by atoms with Crippen molar-refractivity contribution >= 4 is 5.91 Å². The smallest absolute Gasteiger partial charge is 0.250 e. The summed E-state index contributed by atoms with van der Waals surface area (Å²) in [6.07, 6.45) is 3.80. The van der Waals surface area contributed by atoms with Crippen molar-refractivity contribution in [1.29, 1.82) is 0 Å². The van der Waals surface area contributed by atoms with Gasteiger partial charge in [0.15, 0.2) is 0 Å². The van der Waals surface area contributed by atoms with Crippen LogP contribution in [-0.4, -0.2) is 89.6 Å². The van der Waals surface area contributed by atoms with Crippen LogP contribution in [-0.2, 0) is 4.79 Å². The Morgan fingerprint density at radius 2 is 1.62 bits per heavy atom. The predicted octanol–water partition coefficient (Wildman–Crippen LogP) is 1.17. The number of carbonyl (C=O) groups excluding carboxylic acids is 1. The maximum atomic E-state index is 13.3. The van der Waals surface area contributed by atoms with Crippen molar-refractivity contribution in [3.8, 4) is 0 Å². The Labute approximate surface area is 142 Å². The van der Waals surface area contributed by atoms with Crippen molar-refractivity contribution < 1.29 is 18.7 Å². The second-order valence-corrected chi connectivity index (χ2v) is 7.52. The molecule has 3 fully saturated rings. The first kappa shape index (κ1) is 18.0. The number of nitrogens with zero attached hydrogens (tertiary/aromatic N) is 3. The highest BCUT2D eigenvalue weighted by Crippen LogP contribution is 2.30. The number of rotatable bonds is 3. The molecule has 1 amide bonds. The molecule has 2 atom stereocenters. The molecule has 24 heavy (non-hydrogen) atoms. The SMILES string of the molecule is O=C(CN1CCCCCC1)N1C[C@@H](O)[C@H](N2CCC(F)(F)CC2)C1. The van der Waals surface area contributed by atoms with E-state index in [-0.39, 0.29) is 24.8 Å². The van der Waals surface area contributed by atoms with Crippen molar-refractivity contribution in [3.63, 3.8) is 0 Å². The van der Waals surface area contributed by atoms with Gasteiger partial charge in [0.1, 0.15) is 0 Å². The molecular weight excluding hydrogens is 316 g/mol. The van der Waals surface area contributed by atoms with Gasteiger partial charge in [-0.15, -0.1) is 0 Å². The summed E-state index contributed by atoms with van der Waals surface area (Å²) in [6.45, 7) is 3.71. The highest BCUT2D eigenvalue weighted by atomic mass is 19.3. The first-order valence-corrected chi connectivity index (χ1v) is 9.25. The molecular formula is C17H29F2N3O2. The number of aliphatic hydroxyl groups excluding tert-OH is 1. The normalized spacial score (nSPS) is 32.7. The minimum atomic E-state index is -2.58. The van der Waals surface area contributed by atoms with Crippen LogP contribution >= 0.6 is 0 Å². The number of aliphatic hydroxyl groups is 1. The number of hydrogen-bond donors (Lipinski definition) is 1. The lowest BCUT2D eigenvalue weighted by Gasteiger charge is -2.36. The van der Waals surface area contributed by atoms with Gasteiger partial charge in [-0.3, -0.25) is 14.6 Å². The number of likely N-dealkylation sites (tertiary alicyclic amines) is 3. The Kier molecular flexibility index (Phi) is 5.72. The molecule has 5 nitrogen and oxygen atoms in total. The summed E-state index contributed by atoms with van der Waals surface area (Å²) in [5, 5.41) is 10.3. The summed E-state index contributed by atoms with van der Waals surface area (Å²) in [6, 6.07) is -0.200. The summed E-state index contributed by atoms with van der Waals surface area (Å²) in [5.74, 6) is -2.52. The lowest BCUT2D eigenvalue weighted by atomic mass is 10.0. The Morgan fingerprint density at radius 1 is 1.00 bits per heavy atom. The molecule has 0 aliphatic carbocycles. The van der Waals surface area contributed by atoms with Crippen molar-refractivity contribution in [1.82, 2.24) is 14.7 Å². The van der Waals surface area contributed by atoms with Crippen LogP contribution in [0, 0.1) is 0 Å². The summed E-state index contributed by atoms with van der Waals surface area (Å²) in [4.78, 5) is 18.4. The minimum Gasteiger partial charge on any atom is -0.390 e. The average Bonchev–Trinajstić information content (AvgIpc) is 2.75. The fourth-order valence-corrected chi connectivity index (χ4v) is 4.10. The molecule has 3 saturated heterocycles. The molecule has 3 heterocycles. The van der Waals surface area contributed by atoms with Crippen LogP contribution in [0.4, 0.5) is 8.78 Å². The van der Waals surface area contributed by atoms with Crippen LogP contribution in [0.25, 0.3) is 0 Å². The van der Waals surface area contributed by atoms with E-state index in [0.717, 1.165) is 25.9 Å². The average molecular weight is 345 g/mol. The quantitative estimate of drug-likeness (QED) is 0.834. The molecule has 1 N–H and O–H groups in total. The third kappa shape index (κ3) is 4.43. The van der Waals surface area contributed by atoms with Gasteiger partial charge in [-0.25, -0.2) is 8.78 Å². The lowest BCUT2D eigenvalue weighted by Crippen LogP contribution is -2.49. The number of amides is 1. The maximum absolute atomic E-state index is 13.3. The summed E-state index contributed by atoms with van der Waals surface area (Å²) in [7, 11) is 0. The fourth-order valence-electron chi connectivity index (χ4n) is 4.10. The molecule has 0 aromatic heterocycles. The molecule has 0 spiro atoms. The van der Waals surface area contributed by atoms with Crippen molar-refractivity contribution in [2.45, 2.75) is 56.6 Å².